The van der Waals surface area contributed by atoms with Crippen LogP contribution in [-0.2, 0) is 4.79 Å². The van der Waals surface area contributed by atoms with Crippen molar-refractivity contribution in [2.75, 3.05) is 6.54 Å². The van der Waals surface area contributed by atoms with E-state index in [0.717, 1.165) is 25.8 Å². The lowest BCUT2D eigenvalue weighted by molar-refractivity contribution is -0.123. The van der Waals surface area contributed by atoms with Gasteiger partial charge >= 0.3 is 0 Å². The molecule has 0 spiro atoms. The Balaban J connectivity index is 0.00000147. The summed E-state index contributed by atoms with van der Waals surface area (Å²) in [5, 5.41) is 6.54. The number of hydrogen-bond donors (Lipinski definition) is 2. The molecular weight excluding hydrogens is 272 g/mol. The Labute approximate surface area is 126 Å². The van der Waals surface area contributed by atoms with Gasteiger partial charge < -0.3 is 10.6 Å². The fraction of sp³-hybridized carbons (Fsp3) is 0.562. The van der Waals surface area contributed by atoms with Gasteiger partial charge in [-0.1, -0.05) is 36.8 Å². The lowest BCUT2D eigenvalue weighted by Gasteiger charge is -2.23. The van der Waals surface area contributed by atoms with Crippen molar-refractivity contribution < 1.29 is 4.79 Å². The molecule has 0 bridgehead atoms. The molecule has 1 aromatic rings. The maximum absolute atomic E-state index is 12.2. The van der Waals surface area contributed by atoms with E-state index >= 15 is 0 Å². The molecule has 2 aliphatic rings. The fourth-order valence-electron chi connectivity index (χ4n) is 3.42. The molecule has 1 amide bonds. The van der Waals surface area contributed by atoms with Gasteiger partial charge in [0.2, 0.25) is 5.91 Å². The molecule has 0 aromatic heterocycles. The quantitative estimate of drug-likeness (QED) is 0.900. The summed E-state index contributed by atoms with van der Waals surface area (Å²) < 4.78 is 0. The summed E-state index contributed by atoms with van der Waals surface area (Å²) in [5.74, 6) is 0.692. The van der Waals surface area contributed by atoms with Crippen LogP contribution in [-0.4, -0.2) is 24.5 Å². The van der Waals surface area contributed by atoms with E-state index < -0.39 is 0 Å². The lowest BCUT2D eigenvalue weighted by atomic mass is 9.94. The van der Waals surface area contributed by atoms with Gasteiger partial charge in [0, 0.05) is 12.0 Å². The number of benzene rings is 1. The van der Waals surface area contributed by atoms with Crippen LogP contribution in [0.25, 0.3) is 0 Å². The molecule has 1 aliphatic heterocycles. The molecular formula is C16H23ClN2O. The third-order valence-electron chi connectivity index (χ3n) is 4.45. The van der Waals surface area contributed by atoms with Crippen LogP contribution in [0, 0.1) is 0 Å². The molecule has 20 heavy (non-hydrogen) atoms. The zero-order valence-electron chi connectivity index (χ0n) is 11.7. The van der Waals surface area contributed by atoms with Crippen LogP contribution in [0.3, 0.4) is 0 Å². The van der Waals surface area contributed by atoms with Crippen LogP contribution in [0.4, 0.5) is 0 Å². The molecule has 2 fully saturated rings. The molecule has 110 valence electrons. The normalized spacial score (nSPS) is 28.9. The molecule has 1 saturated carbocycles. The molecule has 3 nitrogen and oxygen atoms in total. The highest BCUT2D eigenvalue weighted by molar-refractivity contribution is 5.85. The molecule has 0 radical (unpaired) electrons. The largest absolute Gasteiger partial charge is 0.351 e. The minimum absolute atomic E-state index is 0. The third-order valence-corrected chi connectivity index (χ3v) is 4.45. The van der Waals surface area contributed by atoms with Crippen molar-refractivity contribution >= 4 is 18.3 Å². The number of carbonyl (C=O) groups is 1. The van der Waals surface area contributed by atoms with Crippen molar-refractivity contribution in [3.05, 3.63) is 35.9 Å². The van der Waals surface area contributed by atoms with Crippen molar-refractivity contribution in [1.29, 1.82) is 0 Å². The number of nitrogens with one attached hydrogen (secondary N) is 2. The Bertz CT molecular complexity index is 431. The van der Waals surface area contributed by atoms with Gasteiger partial charge in [0.25, 0.3) is 0 Å². The first-order valence-electron chi connectivity index (χ1n) is 7.43. The Kier molecular flexibility index (Phi) is 5.44. The highest BCUT2D eigenvalue weighted by Crippen LogP contribution is 2.34. The summed E-state index contributed by atoms with van der Waals surface area (Å²) in [6.45, 7) is 0.977. The Hall–Kier alpha value is -1.06. The van der Waals surface area contributed by atoms with Gasteiger partial charge in [-0.25, -0.2) is 0 Å². The van der Waals surface area contributed by atoms with E-state index in [2.05, 4.69) is 41.0 Å². The summed E-state index contributed by atoms with van der Waals surface area (Å²) in [4.78, 5) is 12.2. The molecule has 3 rings (SSSR count). The molecule has 3 unspecified atom stereocenters. The second-order valence-corrected chi connectivity index (χ2v) is 5.71. The maximum atomic E-state index is 12.2. The fourth-order valence-corrected chi connectivity index (χ4v) is 3.42. The molecule has 1 saturated heterocycles. The van der Waals surface area contributed by atoms with Gasteiger partial charge in [0.05, 0.1) is 6.04 Å². The number of halogens is 1. The average Bonchev–Trinajstić information content (AvgIpc) is 3.11. The van der Waals surface area contributed by atoms with E-state index in [1.54, 1.807) is 0 Å². The average molecular weight is 295 g/mol. The van der Waals surface area contributed by atoms with E-state index in [4.69, 9.17) is 0 Å². The standard InChI is InChI=1S/C16H22N2O.ClH/c19-16(15-10-5-11-17-15)18-14-9-4-8-13(14)12-6-2-1-3-7-12;/h1-3,6-7,13-15,17H,4-5,8-11H2,(H,18,19);1H. The Morgan fingerprint density at radius 1 is 1.10 bits per heavy atom. The van der Waals surface area contributed by atoms with Crippen LogP contribution in [0.5, 0.6) is 0 Å². The van der Waals surface area contributed by atoms with Crippen LogP contribution < -0.4 is 10.6 Å². The second-order valence-electron chi connectivity index (χ2n) is 5.71. The van der Waals surface area contributed by atoms with Gasteiger partial charge in [-0.05, 0) is 37.8 Å². The van der Waals surface area contributed by atoms with Gasteiger partial charge in [0.1, 0.15) is 0 Å². The number of carbonyl (C=O) groups excluding carboxylic acids is 1. The number of amides is 1. The molecule has 1 aromatic carbocycles. The highest BCUT2D eigenvalue weighted by Gasteiger charge is 2.32. The predicted molar refractivity (Wildman–Crippen MR) is 83.2 cm³/mol. The van der Waals surface area contributed by atoms with Crippen LogP contribution >= 0.6 is 12.4 Å². The first kappa shape index (κ1) is 15.3. The van der Waals surface area contributed by atoms with E-state index in [1.807, 2.05) is 0 Å². The van der Waals surface area contributed by atoms with E-state index in [0.29, 0.717) is 12.0 Å². The van der Waals surface area contributed by atoms with Gasteiger partial charge in [-0.3, -0.25) is 4.79 Å². The van der Waals surface area contributed by atoms with Crippen LogP contribution in [0.15, 0.2) is 30.3 Å². The summed E-state index contributed by atoms with van der Waals surface area (Å²) in [6.07, 6.45) is 5.60. The zero-order valence-corrected chi connectivity index (χ0v) is 12.5. The predicted octanol–water partition coefficient (Wildman–Crippen LogP) is 2.61. The zero-order chi connectivity index (χ0) is 13.1. The summed E-state index contributed by atoms with van der Waals surface area (Å²) in [7, 11) is 0. The maximum Gasteiger partial charge on any atom is 0.237 e. The minimum Gasteiger partial charge on any atom is -0.351 e. The van der Waals surface area contributed by atoms with E-state index in [-0.39, 0.29) is 24.4 Å². The van der Waals surface area contributed by atoms with Crippen LogP contribution in [0.1, 0.15) is 43.6 Å². The van der Waals surface area contributed by atoms with Crippen LogP contribution in [0.2, 0.25) is 0 Å². The third kappa shape index (κ3) is 3.33. The lowest BCUT2D eigenvalue weighted by Crippen LogP contribution is -2.45. The molecule has 1 aliphatic carbocycles. The van der Waals surface area contributed by atoms with Crippen molar-refractivity contribution in [3.63, 3.8) is 0 Å². The molecule has 2 N–H and O–H groups in total. The molecule has 1 heterocycles. The number of rotatable bonds is 3. The second kappa shape index (κ2) is 7.09. The van der Waals surface area contributed by atoms with Crippen molar-refractivity contribution in [3.8, 4) is 0 Å². The van der Waals surface area contributed by atoms with Gasteiger partial charge in [-0.15, -0.1) is 12.4 Å². The molecule has 3 atom stereocenters. The van der Waals surface area contributed by atoms with Crippen molar-refractivity contribution in [2.24, 2.45) is 0 Å². The highest BCUT2D eigenvalue weighted by atomic mass is 35.5. The summed E-state index contributed by atoms with van der Waals surface area (Å²) in [6, 6.07) is 10.9. The smallest absolute Gasteiger partial charge is 0.237 e. The summed E-state index contributed by atoms with van der Waals surface area (Å²) >= 11 is 0. The monoisotopic (exact) mass is 294 g/mol. The Morgan fingerprint density at radius 2 is 1.90 bits per heavy atom. The van der Waals surface area contributed by atoms with Crippen molar-refractivity contribution in [1.82, 2.24) is 10.6 Å². The molecule has 4 heteroatoms. The summed E-state index contributed by atoms with van der Waals surface area (Å²) in [5.41, 5.74) is 1.37. The number of hydrogen-bond acceptors (Lipinski definition) is 2. The van der Waals surface area contributed by atoms with Crippen molar-refractivity contribution in [2.45, 2.75) is 50.1 Å². The minimum atomic E-state index is 0. The van der Waals surface area contributed by atoms with E-state index in [1.165, 1.54) is 18.4 Å². The first-order valence-corrected chi connectivity index (χ1v) is 7.43. The van der Waals surface area contributed by atoms with E-state index in [9.17, 15) is 4.79 Å². The van der Waals surface area contributed by atoms with Gasteiger partial charge in [-0.2, -0.15) is 0 Å². The SMILES string of the molecule is Cl.O=C(NC1CCCC1c1ccccc1)C1CCCN1. The van der Waals surface area contributed by atoms with Gasteiger partial charge in [0.15, 0.2) is 0 Å². The first-order chi connectivity index (χ1) is 9.34. The topological polar surface area (TPSA) is 41.1 Å². The Morgan fingerprint density at radius 3 is 2.60 bits per heavy atom.